The Morgan fingerprint density at radius 1 is 1.05 bits per heavy atom. The van der Waals surface area contributed by atoms with Crippen LogP contribution in [0.4, 0.5) is 0 Å². The first kappa shape index (κ1) is 20.0. The van der Waals surface area contributed by atoms with Crippen molar-refractivity contribution in [1.29, 1.82) is 0 Å². The lowest BCUT2D eigenvalue weighted by molar-refractivity contribution is -0.143. The SMILES string of the molecule is C=C(C)C(=O)OCC(O)COCC(O)COC(CO)CO. The van der Waals surface area contributed by atoms with Gasteiger partial charge in [0.25, 0.3) is 0 Å². The van der Waals surface area contributed by atoms with E-state index in [1.807, 2.05) is 0 Å². The average molecular weight is 308 g/mol. The summed E-state index contributed by atoms with van der Waals surface area (Å²) in [6, 6.07) is 0. The molecule has 0 rings (SSSR count). The normalized spacial score (nSPS) is 14.0. The van der Waals surface area contributed by atoms with E-state index in [1.165, 1.54) is 6.92 Å². The molecule has 0 amide bonds. The third-order valence-corrected chi connectivity index (χ3v) is 2.31. The third-order valence-electron chi connectivity index (χ3n) is 2.31. The summed E-state index contributed by atoms with van der Waals surface area (Å²) in [5, 5.41) is 36.5. The zero-order valence-electron chi connectivity index (χ0n) is 12.1. The van der Waals surface area contributed by atoms with Gasteiger partial charge in [0.2, 0.25) is 0 Å². The molecule has 0 fully saturated rings. The highest BCUT2D eigenvalue weighted by molar-refractivity contribution is 5.86. The van der Waals surface area contributed by atoms with E-state index in [4.69, 9.17) is 24.4 Å². The topological polar surface area (TPSA) is 126 Å². The van der Waals surface area contributed by atoms with Gasteiger partial charge in [-0.05, 0) is 6.92 Å². The molecule has 0 aromatic rings. The fourth-order valence-electron chi connectivity index (χ4n) is 1.14. The molecule has 2 atom stereocenters. The van der Waals surface area contributed by atoms with E-state index in [9.17, 15) is 15.0 Å². The molecular weight excluding hydrogens is 284 g/mol. The van der Waals surface area contributed by atoms with E-state index in [0.717, 1.165) is 0 Å². The van der Waals surface area contributed by atoms with Gasteiger partial charge in [0.15, 0.2) is 0 Å². The first-order valence-corrected chi connectivity index (χ1v) is 6.50. The first-order valence-electron chi connectivity index (χ1n) is 6.50. The summed E-state index contributed by atoms with van der Waals surface area (Å²) in [6.07, 6.45) is -2.72. The smallest absolute Gasteiger partial charge is 0.333 e. The van der Waals surface area contributed by atoms with E-state index in [-0.39, 0.29) is 45.2 Å². The van der Waals surface area contributed by atoms with Crippen molar-refractivity contribution in [3.05, 3.63) is 12.2 Å². The van der Waals surface area contributed by atoms with Gasteiger partial charge in [0.05, 0.1) is 33.0 Å². The number of carbonyl (C=O) groups is 1. The van der Waals surface area contributed by atoms with Crippen LogP contribution < -0.4 is 0 Å². The van der Waals surface area contributed by atoms with Crippen molar-refractivity contribution in [2.24, 2.45) is 0 Å². The standard InChI is InChI=1S/C13H24O8/c1-9(2)13(18)21-8-11(17)6-19-5-10(16)7-20-12(3-14)4-15/h10-12,14-17H,1,3-8H2,2H3. The predicted molar refractivity (Wildman–Crippen MR) is 72.5 cm³/mol. The fraction of sp³-hybridized carbons (Fsp3) is 0.769. The summed E-state index contributed by atoms with van der Waals surface area (Å²) in [6.45, 7) is 3.62. The second kappa shape index (κ2) is 11.6. The van der Waals surface area contributed by atoms with Crippen molar-refractivity contribution in [2.45, 2.75) is 25.2 Å². The minimum absolute atomic E-state index is 0.102. The maximum atomic E-state index is 11.1. The summed E-state index contributed by atoms with van der Waals surface area (Å²) in [4.78, 5) is 11.1. The van der Waals surface area contributed by atoms with Gasteiger partial charge in [-0.3, -0.25) is 0 Å². The van der Waals surface area contributed by atoms with Crippen LogP contribution in [0, 0.1) is 0 Å². The number of ether oxygens (including phenoxy) is 3. The predicted octanol–water partition coefficient (Wildman–Crippen LogP) is -1.79. The van der Waals surface area contributed by atoms with Crippen LogP contribution in [0.2, 0.25) is 0 Å². The van der Waals surface area contributed by atoms with E-state index >= 15 is 0 Å². The Kier molecular flexibility index (Phi) is 11.0. The molecule has 4 N–H and O–H groups in total. The molecule has 0 aliphatic heterocycles. The zero-order chi connectivity index (χ0) is 16.3. The van der Waals surface area contributed by atoms with Gasteiger partial charge in [-0.1, -0.05) is 6.58 Å². The molecule has 0 heterocycles. The van der Waals surface area contributed by atoms with Crippen molar-refractivity contribution < 1.29 is 39.4 Å². The van der Waals surface area contributed by atoms with Crippen molar-refractivity contribution in [1.82, 2.24) is 0 Å². The van der Waals surface area contributed by atoms with E-state index in [1.54, 1.807) is 0 Å². The minimum atomic E-state index is -1.01. The minimum Gasteiger partial charge on any atom is -0.460 e. The summed E-state index contributed by atoms with van der Waals surface area (Å²) < 4.78 is 14.7. The van der Waals surface area contributed by atoms with Crippen LogP contribution in [-0.4, -0.2) is 84.3 Å². The maximum Gasteiger partial charge on any atom is 0.333 e. The number of aliphatic hydroxyl groups excluding tert-OH is 4. The Morgan fingerprint density at radius 2 is 1.57 bits per heavy atom. The molecule has 0 aliphatic carbocycles. The molecule has 0 radical (unpaired) electrons. The molecule has 124 valence electrons. The number of rotatable bonds is 12. The second-order valence-corrected chi connectivity index (χ2v) is 4.54. The molecule has 8 nitrogen and oxygen atoms in total. The van der Waals surface area contributed by atoms with Crippen LogP contribution in [0.15, 0.2) is 12.2 Å². The summed E-state index contributed by atoms with van der Waals surface area (Å²) >= 11 is 0. The molecule has 0 spiro atoms. The number of hydrogen-bond donors (Lipinski definition) is 4. The molecule has 0 saturated heterocycles. The van der Waals surface area contributed by atoms with E-state index < -0.39 is 24.3 Å². The average Bonchev–Trinajstić information content (AvgIpc) is 2.45. The molecule has 0 aliphatic rings. The molecule has 2 unspecified atom stereocenters. The van der Waals surface area contributed by atoms with Crippen molar-refractivity contribution >= 4 is 5.97 Å². The van der Waals surface area contributed by atoms with Gasteiger partial charge < -0.3 is 34.6 Å². The van der Waals surface area contributed by atoms with Crippen molar-refractivity contribution in [2.75, 3.05) is 39.6 Å². The monoisotopic (exact) mass is 308 g/mol. The van der Waals surface area contributed by atoms with Crippen molar-refractivity contribution in [3.63, 3.8) is 0 Å². The largest absolute Gasteiger partial charge is 0.460 e. The van der Waals surface area contributed by atoms with Gasteiger partial charge in [0, 0.05) is 5.57 Å². The quantitative estimate of drug-likeness (QED) is 0.246. The van der Waals surface area contributed by atoms with Gasteiger partial charge in [-0.2, -0.15) is 0 Å². The number of hydrogen-bond acceptors (Lipinski definition) is 8. The van der Waals surface area contributed by atoms with Crippen molar-refractivity contribution in [3.8, 4) is 0 Å². The highest BCUT2D eigenvalue weighted by Gasteiger charge is 2.13. The fourth-order valence-corrected chi connectivity index (χ4v) is 1.14. The van der Waals surface area contributed by atoms with Crippen LogP contribution >= 0.6 is 0 Å². The molecule has 8 heteroatoms. The van der Waals surface area contributed by atoms with Crippen LogP contribution in [0.5, 0.6) is 0 Å². The number of carbonyl (C=O) groups excluding carboxylic acids is 1. The highest BCUT2D eigenvalue weighted by Crippen LogP contribution is 1.97. The Morgan fingerprint density at radius 3 is 2.05 bits per heavy atom. The summed E-state index contributed by atoms with van der Waals surface area (Å²) in [5.74, 6) is -0.596. The summed E-state index contributed by atoms with van der Waals surface area (Å²) in [7, 11) is 0. The van der Waals surface area contributed by atoms with Gasteiger partial charge in [0.1, 0.15) is 24.9 Å². The van der Waals surface area contributed by atoms with E-state index in [0.29, 0.717) is 0 Å². The molecule has 21 heavy (non-hydrogen) atoms. The van der Waals surface area contributed by atoms with Crippen LogP contribution in [0.3, 0.4) is 0 Å². The van der Waals surface area contributed by atoms with Crippen LogP contribution in [-0.2, 0) is 19.0 Å². The Labute approximate surface area is 123 Å². The first-order chi connectivity index (χ1) is 9.90. The lowest BCUT2D eigenvalue weighted by atomic mass is 10.3. The molecule has 0 aromatic heterocycles. The van der Waals surface area contributed by atoms with Gasteiger partial charge in [-0.25, -0.2) is 4.79 Å². The lowest BCUT2D eigenvalue weighted by Gasteiger charge is -2.17. The molecule has 0 bridgehead atoms. The third kappa shape index (κ3) is 10.4. The maximum absolute atomic E-state index is 11.1. The Bertz CT molecular complexity index is 303. The molecular formula is C13H24O8. The lowest BCUT2D eigenvalue weighted by Crippen LogP contribution is -2.31. The summed E-state index contributed by atoms with van der Waals surface area (Å²) in [5.41, 5.74) is 0.234. The Hall–Kier alpha value is -1.03. The van der Waals surface area contributed by atoms with Gasteiger partial charge >= 0.3 is 5.97 Å². The zero-order valence-corrected chi connectivity index (χ0v) is 12.1. The molecule has 0 saturated carbocycles. The van der Waals surface area contributed by atoms with Gasteiger partial charge in [-0.15, -0.1) is 0 Å². The number of esters is 1. The van der Waals surface area contributed by atoms with Crippen LogP contribution in [0.1, 0.15) is 6.92 Å². The number of aliphatic hydroxyl groups is 4. The Balaban J connectivity index is 3.68. The van der Waals surface area contributed by atoms with Crippen LogP contribution in [0.25, 0.3) is 0 Å². The molecule has 0 aromatic carbocycles. The highest BCUT2D eigenvalue weighted by atomic mass is 16.6. The van der Waals surface area contributed by atoms with E-state index in [2.05, 4.69) is 6.58 Å². The second-order valence-electron chi connectivity index (χ2n) is 4.54.